The molecule has 3 nitrogen and oxygen atoms in total. The highest BCUT2D eigenvalue weighted by molar-refractivity contribution is 5.57. The first kappa shape index (κ1) is 12.7. The summed E-state index contributed by atoms with van der Waals surface area (Å²) in [5.74, 6) is 0.826. The number of imidazole rings is 1. The molecule has 0 spiro atoms. The molecule has 1 aromatic carbocycles. The number of anilines is 1. The molecule has 0 saturated heterocycles. The van der Waals surface area contributed by atoms with Crippen LogP contribution in [0.1, 0.15) is 11.4 Å². The third-order valence-electron chi connectivity index (χ3n) is 3.45. The zero-order valence-electron chi connectivity index (χ0n) is 11.3. The van der Waals surface area contributed by atoms with Crippen molar-refractivity contribution in [3.05, 3.63) is 66.0 Å². The van der Waals surface area contributed by atoms with Crippen LogP contribution in [0.2, 0.25) is 0 Å². The van der Waals surface area contributed by atoms with Crippen LogP contribution in [0.3, 0.4) is 0 Å². The number of fused-ring (bicyclic) bond motifs is 1. The number of hydrogen-bond acceptors (Lipinski definition) is 2. The van der Waals surface area contributed by atoms with Crippen LogP contribution >= 0.6 is 0 Å². The zero-order valence-corrected chi connectivity index (χ0v) is 11.3. The van der Waals surface area contributed by atoms with Gasteiger partial charge in [-0.1, -0.05) is 12.1 Å². The van der Waals surface area contributed by atoms with E-state index in [1.165, 1.54) is 12.1 Å². The summed E-state index contributed by atoms with van der Waals surface area (Å²) in [6, 6.07) is 10.7. The van der Waals surface area contributed by atoms with E-state index in [2.05, 4.69) is 20.8 Å². The van der Waals surface area contributed by atoms with Gasteiger partial charge in [0.2, 0.25) is 0 Å². The lowest BCUT2D eigenvalue weighted by atomic mass is 10.1. The van der Waals surface area contributed by atoms with Crippen molar-refractivity contribution in [2.75, 3.05) is 12.4 Å². The molecule has 0 atom stereocenters. The Labute approximate surface area is 117 Å². The number of aromatic nitrogens is 2. The van der Waals surface area contributed by atoms with Crippen molar-refractivity contribution in [3.8, 4) is 0 Å². The van der Waals surface area contributed by atoms with Gasteiger partial charge in [0.05, 0.1) is 11.7 Å². The van der Waals surface area contributed by atoms with E-state index in [9.17, 15) is 4.39 Å². The van der Waals surface area contributed by atoms with Crippen LogP contribution in [-0.4, -0.2) is 16.4 Å². The minimum Gasteiger partial charge on any atom is -0.388 e. The second-order valence-electron chi connectivity index (χ2n) is 4.76. The molecule has 2 heterocycles. The summed E-state index contributed by atoms with van der Waals surface area (Å²) >= 11 is 0. The van der Waals surface area contributed by atoms with Crippen LogP contribution in [-0.2, 0) is 12.8 Å². The van der Waals surface area contributed by atoms with Crippen LogP contribution in [0, 0.1) is 5.82 Å². The van der Waals surface area contributed by atoms with Gasteiger partial charge in [-0.3, -0.25) is 0 Å². The summed E-state index contributed by atoms with van der Waals surface area (Å²) in [5, 5.41) is 3.11. The van der Waals surface area contributed by atoms with Gasteiger partial charge >= 0.3 is 0 Å². The second-order valence-corrected chi connectivity index (χ2v) is 4.76. The third kappa shape index (κ3) is 2.50. The van der Waals surface area contributed by atoms with Gasteiger partial charge < -0.3 is 9.72 Å². The van der Waals surface area contributed by atoms with Crippen molar-refractivity contribution in [3.63, 3.8) is 0 Å². The van der Waals surface area contributed by atoms with E-state index in [0.29, 0.717) is 0 Å². The van der Waals surface area contributed by atoms with E-state index >= 15 is 0 Å². The SMILES string of the molecule is CNc1ccn2c(CCc3ccc(F)cc3)ncc2c1. The molecule has 20 heavy (non-hydrogen) atoms. The third-order valence-corrected chi connectivity index (χ3v) is 3.45. The molecule has 0 fully saturated rings. The van der Waals surface area contributed by atoms with Crippen LogP contribution < -0.4 is 5.32 Å². The zero-order chi connectivity index (χ0) is 13.9. The highest BCUT2D eigenvalue weighted by Crippen LogP contribution is 2.15. The van der Waals surface area contributed by atoms with Gasteiger partial charge in [-0.05, 0) is 36.2 Å². The maximum absolute atomic E-state index is 12.9. The molecule has 3 rings (SSSR count). The molecule has 102 valence electrons. The Morgan fingerprint density at radius 3 is 2.70 bits per heavy atom. The summed E-state index contributed by atoms with van der Waals surface area (Å²) in [7, 11) is 1.90. The van der Waals surface area contributed by atoms with Gasteiger partial charge in [0.25, 0.3) is 0 Å². The molecule has 0 aliphatic carbocycles. The van der Waals surface area contributed by atoms with Gasteiger partial charge in [0.15, 0.2) is 0 Å². The average molecular weight is 269 g/mol. The highest BCUT2D eigenvalue weighted by atomic mass is 19.1. The number of rotatable bonds is 4. The predicted molar refractivity (Wildman–Crippen MR) is 78.5 cm³/mol. The Morgan fingerprint density at radius 2 is 1.95 bits per heavy atom. The maximum atomic E-state index is 12.9. The number of halogens is 1. The summed E-state index contributed by atoms with van der Waals surface area (Å²) in [5.41, 5.74) is 3.27. The molecule has 0 amide bonds. The molecule has 0 aliphatic rings. The molecule has 1 N–H and O–H groups in total. The lowest BCUT2D eigenvalue weighted by molar-refractivity contribution is 0.627. The van der Waals surface area contributed by atoms with Gasteiger partial charge in [0.1, 0.15) is 11.6 Å². The first-order chi connectivity index (χ1) is 9.76. The minimum atomic E-state index is -0.195. The number of hydrogen-bond donors (Lipinski definition) is 1. The van der Waals surface area contributed by atoms with E-state index in [1.807, 2.05) is 37.6 Å². The van der Waals surface area contributed by atoms with Gasteiger partial charge in [-0.2, -0.15) is 0 Å². The Bertz CT molecular complexity index is 716. The number of benzene rings is 1. The van der Waals surface area contributed by atoms with Gasteiger partial charge in [-0.25, -0.2) is 9.37 Å². The Balaban J connectivity index is 1.79. The summed E-state index contributed by atoms with van der Waals surface area (Å²) < 4.78 is 14.9. The standard InChI is InChI=1S/C16H16FN3/c1-18-14-8-9-20-15(10-14)11-19-16(20)7-4-12-2-5-13(17)6-3-12/h2-3,5-6,8-11,18H,4,7H2,1H3. The molecule has 4 heteroatoms. The normalized spacial score (nSPS) is 10.9. The van der Waals surface area contributed by atoms with Crippen LogP contribution in [0.4, 0.5) is 10.1 Å². The summed E-state index contributed by atoms with van der Waals surface area (Å²) in [6.07, 6.45) is 5.58. The minimum absolute atomic E-state index is 0.195. The monoisotopic (exact) mass is 269 g/mol. The van der Waals surface area contributed by atoms with Crippen molar-refractivity contribution in [1.29, 1.82) is 0 Å². The molecule has 0 aliphatic heterocycles. The largest absolute Gasteiger partial charge is 0.388 e. The Hall–Kier alpha value is -2.36. The maximum Gasteiger partial charge on any atom is 0.123 e. The lowest BCUT2D eigenvalue weighted by Gasteiger charge is -2.04. The van der Waals surface area contributed by atoms with E-state index < -0.39 is 0 Å². The Morgan fingerprint density at radius 1 is 1.15 bits per heavy atom. The van der Waals surface area contributed by atoms with Crippen LogP contribution in [0.15, 0.2) is 48.8 Å². The lowest BCUT2D eigenvalue weighted by Crippen LogP contribution is -1.98. The van der Waals surface area contributed by atoms with E-state index in [-0.39, 0.29) is 5.82 Å². The molecular weight excluding hydrogens is 253 g/mol. The fourth-order valence-corrected chi connectivity index (χ4v) is 2.30. The highest BCUT2D eigenvalue weighted by Gasteiger charge is 2.04. The van der Waals surface area contributed by atoms with E-state index in [4.69, 9.17) is 0 Å². The van der Waals surface area contributed by atoms with E-state index in [0.717, 1.165) is 35.4 Å². The number of pyridine rings is 1. The predicted octanol–water partition coefficient (Wildman–Crippen LogP) is 3.30. The summed E-state index contributed by atoms with van der Waals surface area (Å²) in [4.78, 5) is 4.46. The molecule has 2 aromatic heterocycles. The topological polar surface area (TPSA) is 29.3 Å². The van der Waals surface area contributed by atoms with Crippen molar-refractivity contribution in [1.82, 2.24) is 9.38 Å². The van der Waals surface area contributed by atoms with Crippen molar-refractivity contribution < 1.29 is 4.39 Å². The van der Waals surface area contributed by atoms with Crippen molar-refractivity contribution in [2.24, 2.45) is 0 Å². The van der Waals surface area contributed by atoms with Crippen molar-refractivity contribution in [2.45, 2.75) is 12.8 Å². The number of nitrogens with zero attached hydrogens (tertiary/aromatic N) is 2. The molecule has 3 aromatic rings. The number of aryl methyl sites for hydroxylation is 2. The average Bonchev–Trinajstić information content (AvgIpc) is 2.89. The summed E-state index contributed by atoms with van der Waals surface area (Å²) in [6.45, 7) is 0. The van der Waals surface area contributed by atoms with Crippen LogP contribution in [0.25, 0.3) is 5.52 Å². The fraction of sp³-hybridized carbons (Fsp3) is 0.188. The first-order valence-corrected chi connectivity index (χ1v) is 6.64. The molecule has 0 unspecified atom stereocenters. The quantitative estimate of drug-likeness (QED) is 0.787. The van der Waals surface area contributed by atoms with Crippen LogP contribution in [0.5, 0.6) is 0 Å². The molecule has 0 bridgehead atoms. The Kier molecular flexibility index (Phi) is 3.37. The smallest absolute Gasteiger partial charge is 0.123 e. The fourth-order valence-electron chi connectivity index (χ4n) is 2.30. The number of nitrogens with one attached hydrogen (secondary N) is 1. The molecule has 0 radical (unpaired) electrons. The van der Waals surface area contributed by atoms with Gasteiger partial charge in [0, 0.05) is 25.4 Å². The second kappa shape index (κ2) is 5.33. The van der Waals surface area contributed by atoms with Gasteiger partial charge in [-0.15, -0.1) is 0 Å². The molecular formula is C16H16FN3. The first-order valence-electron chi connectivity index (χ1n) is 6.64. The molecule has 0 saturated carbocycles. The van der Waals surface area contributed by atoms with Crippen molar-refractivity contribution >= 4 is 11.2 Å². The van der Waals surface area contributed by atoms with E-state index in [1.54, 1.807) is 0 Å².